The lowest BCUT2D eigenvalue weighted by Gasteiger charge is -2.22. The van der Waals surface area contributed by atoms with Gasteiger partial charge in [-0.3, -0.25) is 0 Å². The van der Waals surface area contributed by atoms with E-state index >= 15 is 0 Å². The predicted molar refractivity (Wildman–Crippen MR) is 116 cm³/mol. The molecule has 0 radical (unpaired) electrons. The molecule has 27 heavy (non-hydrogen) atoms. The van der Waals surface area contributed by atoms with Crippen molar-refractivity contribution in [2.45, 2.75) is 32.7 Å². The molecular formula is C24H26NOP. The van der Waals surface area contributed by atoms with E-state index in [-0.39, 0.29) is 6.04 Å². The lowest BCUT2D eigenvalue weighted by molar-refractivity contribution is 0.282. The number of aliphatic imine (C=N–C) groups is 1. The maximum absolute atomic E-state index is 6.08. The van der Waals surface area contributed by atoms with Crippen molar-refractivity contribution in [2.24, 2.45) is 10.9 Å². The van der Waals surface area contributed by atoms with E-state index in [0.717, 1.165) is 18.7 Å². The fraction of sp³-hybridized carbons (Fsp3) is 0.292. The minimum atomic E-state index is -0.584. The molecule has 0 bridgehead atoms. The smallest absolute Gasteiger partial charge is 0.216 e. The largest absolute Gasteiger partial charge is 0.475 e. The van der Waals surface area contributed by atoms with Crippen molar-refractivity contribution in [3.05, 3.63) is 83.7 Å². The second-order valence-electron chi connectivity index (χ2n) is 7.17. The molecule has 2 nitrogen and oxygen atoms in total. The summed E-state index contributed by atoms with van der Waals surface area (Å²) in [5, 5.41) is 4.21. The van der Waals surface area contributed by atoms with Crippen LogP contribution >= 0.6 is 7.92 Å². The highest BCUT2D eigenvalue weighted by Crippen LogP contribution is 2.49. The van der Waals surface area contributed by atoms with Gasteiger partial charge < -0.3 is 4.74 Å². The maximum atomic E-state index is 6.08. The Labute approximate surface area is 163 Å². The van der Waals surface area contributed by atoms with E-state index in [2.05, 4.69) is 86.7 Å². The van der Waals surface area contributed by atoms with Crippen molar-refractivity contribution in [1.82, 2.24) is 0 Å². The summed E-state index contributed by atoms with van der Waals surface area (Å²) in [6.45, 7) is 5.20. The molecule has 1 unspecified atom stereocenters. The summed E-state index contributed by atoms with van der Waals surface area (Å²) >= 11 is 0. The third kappa shape index (κ3) is 3.77. The van der Waals surface area contributed by atoms with E-state index in [1.54, 1.807) is 0 Å². The van der Waals surface area contributed by atoms with Gasteiger partial charge in [-0.2, -0.15) is 0 Å². The van der Waals surface area contributed by atoms with Gasteiger partial charge in [0.05, 0.1) is 6.04 Å². The highest BCUT2D eigenvalue weighted by molar-refractivity contribution is 7.76. The zero-order valence-electron chi connectivity index (χ0n) is 16.0. The Kier molecular flexibility index (Phi) is 5.55. The molecule has 138 valence electrons. The number of hydrogen-bond donors (Lipinski definition) is 0. The van der Waals surface area contributed by atoms with E-state index in [9.17, 15) is 0 Å². The van der Waals surface area contributed by atoms with Crippen molar-refractivity contribution < 1.29 is 4.74 Å². The highest BCUT2D eigenvalue weighted by Gasteiger charge is 2.30. The first-order valence-electron chi connectivity index (χ1n) is 9.78. The zero-order valence-corrected chi connectivity index (χ0v) is 16.9. The molecular weight excluding hydrogens is 349 g/mol. The van der Waals surface area contributed by atoms with Gasteiger partial charge in [0.1, 0.15) is 6.61 Å². The molecule has 0 amide bonds. The monoisotopic (exact) mass is 375 g/mol. The third-order valence-corrected chi connectivity index (χ3v) is 8.00. The molecule has 1 aliphatic heterocycles. The van der Waals surface area contributed by atoms with E-state index in [4.69, 9.17) is 9.73 Å². The highest BCUT2D eigenvalue weighted by atomic mass is 31.1. The first-order valence-corrected chi connectivity index (χ1v) is 11.1. The van der Waals surface area contributed by atoms with Crippen LogP contribution in [0.5, 0.6) is 0 Å². The van der Waals surface area contributed by atoms with Crippen LogP contribution in [0.4, 0.5) is 0 Å². The molecule has 0 spiro atoms. The van der Waals surface area contributed by atoms with Crippen molar-refractivity contribution in [3.8, 4) is 0 Å². The summed E-state index contributed by atoms with van der Waals surface area (Å²) in [6.07, 6.45) is 6.58. The fourth-order valence-electron chi connectivity index (χ4n) is 3.62. The Morgan fingerprint density at radius 2 is 1.67 bits per heavy atom. The van der Waals surface area contributed by atoms with Gasteiger partial charge in [-0.25, -0.2) is 4.99 Å². The van der Waals surface area contributed by atoms with Crippen LogP contribution in [0.25, 0.3) is 0 Å². The second-order valence-corrected chi connectivity index (χ2v) is 9.41. The minimum Gasteiger partial charge on any atom is -0.475 e. The molecule has 2 aromatic carbocycles. The molecule has 2 aromatic rings. The third-order valence-electron chi connectivity index (χ3n) is 5.41. The van der Waals surface area contributed by atoms with Crippen LogP contribution in [0.15, 0.2) is 88.7 Å². The van der Waals surface area contributed by atoms with E-state index in [0.29, 0.717) is 12.5 Å². The summed E-state index contributed by atoms with van der Waals surface area (Å²) in [7, 11) is -0.584. The van der Waals surface area contributed by atoms with Gasteiger partial charge in [0.2, 0.25) is 5.90 Å². The topological polar surface area (TPSA) is 21.6 Å². The van der Waals surface area contributed by atoms with E-state index < -0.39 is 7.92 Å². The van der Waals surface area contributed by atoms with Gasteiger partial charge in [0.25, 0.3) is 0 Å². The number of allylic oxidation sites excluding steroid dienone is 2. The van der Waals surface area contributed by atoms with E-state index in [1.807, 2.05) is 0 Å². The number of benzene rings is 2. The summed E-state index contributed by atoms with van der Waals surface area (Å²) < 4.78 is 6.08. The predicted octanol–water partition coefficient (Wildman–Crippen LogP) is 5.18. The first-order chi connectivity index (χ1) is 13.3. The molecule has 4 rings (SSSR count). The number of hydrogen-bond acceptors (Lipinski definition) is 2. The molecule has 1 heterocycles. The molecule has 0 fully saturated rings. The summed E-state index contributed by atoms with van der Waals surface area (Å²) in [5.41, 5.74) is 1.21. The van der Waals surface area contributed by atoms with Gasteiger partial charge >= 0.3 is 0 Å². The second kappa shape index (κ2) is 8.23. The molecule has 0 N–H and O–H groups in total. The molecule has 0 saturated carbocycles. The SMILES string of the molecule is CCC(C)[C@@H]1COC(C2=C(P(c3ccccc3)c3ccccc3)CC=C2)=N1. The number of ether oxygens (including phenoxy) is 1. The van der Waals surface area contributed by atoms with Crippen LogP contribution < -0.4 is 10.6 Å². The summed E-state index contributed by atoms with van der Waals surface area (Å²) in [6, 6.07) is 22.0. The number of nitrogens with zero attached hydrogens (tertiary/aromatic N) is 1. The van der Waals surface area contributed by atoms with Crippen LogP contribution in [-0.2, 0) is 4.74 Å². The zero-order chi connectivity index (χ0) is 18.6. The molecule has 2 atom stereocenters. The average molecular weight is 375 g/mol. The van der Waals surface area contributed by atoms with Crippen LogP contribution in [0.2, 0.25) is 0 Å². The summed E-state index contributed by atoms with van der Waals surface area (Å²) in [4.78, 5) is 4.96. The van der Waals surface area contributed by atoms with Gasteiger partial charge in [-0.15, -0.1) is 0 Å². The number of rotatable bonds is 6. The minimum absolute atomic E-state index is 0.285. The van der Waals surface area contributed by atoms with Crippen molar-refractivity contribution >= 4 is 24.4 Å². The average Bonchev–Trinajstić information content (AvgIpc) is 3.39. The van der Waals surface area contributed by atoms with Gasteiger partial charge in [-0.05, 0) is 36.2 Å². The van der Waals surface area contributed by atoms with Crippen LogP contribution in [0.3, 0.4) is 0 Å². The molecule has 0 saturated heterocycles. The van der Waals surface area contributed by atoms with Crippen molar-refractivity contribution in [2.75, 3.05) is 6.61 Å². The Hall–Kier alpha value is -2.18. The standard InChI is InChI=1S/C24H26NOP/c1-3-18(2)22-17-26-24(25-22)21-15-10-16-23(21)27(19-11-6-4-7-12-19)20-13-8-5-9-14-20/h4-15,18,22H,3,16-17H2,1-2H3/t18?,22-/m0/s1. The Morgan fingerprint density at radius 1 is 1.04 bits per heavy atom. The van der Waals surface area contributed by atoms with Gasteiger partial charge in [-0.1, -0.05) is 93.1 Å². The van der Waals surface area contributed by atoms with Gasteiger partial charge in [0.15, 0.2) is 0 Å². The van der Waals surface area contributed by atoms with Crippen LogP contribution in [-0.4, -0.2) is 18.5 Å². The van der Waals surface area contributed by atoms with Crippen molar-refractivity contribution in [1.29, 1.82) is 0 Å². The lowest BCUT2D eigenvalue weighted by atomic mass is 10.0. The van der Waals surface area contributed by atoms with Crippen molar-refractivity contribution in [3.63, 3.8) is 0 Å². The van der Waals surface area contributed by atoms with Gasteiger partial charge in [0, 0.05) is 5.57 Å². The quantitative estimate of drug-likeness (QED) is 0.638. The normalized spacial score (nSPS) is 20.1. The lowest BCUT2D eigenvalue weighted by Crippen LogP contribution is -2.16. The molecule has 2 aliphatic rings. The van der Waals surface area contributed by atoms with Crippen LogP contribution in [0, 0.1) is 5.92 Å². The van der Waals surface area contributed by atoms with Crippen LogP contribution in [0.1, 0.15) is 26.7 Å². The first kappa shape index (κ1) is 18.2. The molecule has 3 heteroatoms. The maximum Gasteiger partial charge on any atom is 0.216 e. The Morgan fingerprint density at radius 3 is 2.26 bits per heavy atom. The van der Waals surface area contributed by atoms with E-state index in [1.165, 1.54) is 21.5 Å². The Balaban J connectivity index is 1.77. The molecule has 0 aromatic heterocycles. The Bertz CT molecular complexity index is 830. The molecule has 1 aliphatic carbocycles. The summed E-state index contributed by atoms with van der Waals surface area (Å²) in [5.74, 6) is 1.41. The fourth-order valence-corrected chi connectivity index (χ4v) is 6.18.